The molecular weight excluding hydrogens is 238 g/mol. The molecule has 0 bridgehead atoms. The highest BCUT2D eigenvalue weighted by molar-refractivity contribution is 5.40. The van der Waals surface area contributed by atoms with Crippen molar-refractivity contribution >= 4 is 0 Å². The highest BCUT2D eigenvalue weighted by atomic mass is 16.3. The van der Waals surface area contributed by atoms with Gasteiger partial charge in [-0.25, -0.2) is 0 Å². The number of aliphatic hydroxyl groups excluding tert-OH is 3. The molecule has 0 aromatic heterocycles. The van der Waals surface area contributed by atoms with Crippen molar-refractivity contribution in [1.82, 2.24) is 0 Å². The van der Waals surface area contributed by atoms with Crippen LogP contribution in [-0.2, 0) is 6.42 Å². The minimum atomic E-state index is -0.347. The molecule has 0 saturated carbocycles. The second kappa shape index (κ2) is 9.67. The predicted molar refractivity (Wildman–Crippen MR) is 67.3 cm³/mol. The van der Waals surface area contributed by atoms with Crippen molar-refractivity contribution in [1.29, 1.82) is 0 Å². The molecule has 0 amide bonds. The third-order valence-corrected chi connectivity index (χ3v) is 2.25. The van der Waals surface area contributed by atoms with Gasteiger partial charge in [0.15, 0.2) is 11.5 Å². The van der Waals surface area contributed by atoms with Gasteiger partial charge >= 0.3 is 0 Å². The van der Waals surface area contributed by atoms with E-state index in [2.05, 4.69) is 0 Å². The number of phenols is 2. The fraction of sp³-hybridized carbons (Fsp3) is 0.500. The first-order valence-electron chi connectivity index (χ1n) is 5.62. The number of phenolic OH excluding ortho intramolecular Hbond substituents is 2. The number of aliphatic hydroxyl groups is 3. The minimum absolute atomic E-state index is 0.0871. The van der Waals surface area contributed by atoms with Crippen LogP contribution in [0, 0.1) is 5.92 Å². The molecule has 0 aliphatic carbocycles. The summed E-state index contributed by atoms with van der Waals surface area (Å²) in [5.41, 5.74) is 6.24. The van der Waals surface area contributed by atoms with Crippen molar-refractivity contribution in [2.24, 2.45) is 11.7 Å². The molecule has 7 N–H and O–H groups in total. The standard InChI is InChI=1S/C8H11NO2.C4H10O3/c9-4-3-6-1-2-7(10)8(11)5-6;5-1-4(2-6)3-7/h1-2,5,10-11H,3-4,9H2;4-7H,1-3H2. The van der Waals surface area contributed by atoms with Crippen LogP contribution in [0.1, 0.15) is 5.56 Å². The summed E-state index contributed by atoms with van der Waals surface area (Å²) in [4.78, 5) is 0. The molecule has 0 radical (unpaired) electrons. The van der Waals surface area contributed by atoms with E-state index in [1.54, 1.807) is 6.07 Å². The first-order chi connectivity index (χ1) is 8.58. The van der Waals surface area contributed by atoms with Crippen LogP contribution in [0.3, 0.4) is 0 Å². The summed E-state index contributed by atoms with van der Waals surface area (Å²) in [6.45, 7) is 0.108. The van der Waals surface area contributed by atoms with Crippen molar-refractivity contribution in [2.45, 2.75) is 6.42 Å². The first kappa shape index (κ1) is 16.7. The van der Waals surface area contributed by atoms with Crippen molar-refractivity contribution in [2.75, 3.05) is 26.4 Å². The molecule has 0 aliphatic heterocycles. The zero-order valence-corrected chi connectivity index (χ0v) is 10.2. The Balaban J connectivity index is 0.000000360. The van der Waals surface area contributed by atoms with Crippen LogP contribution in [0.4, 0.5) is 0 Å². The summed E-state index contributed by atoms with van der Waals surface area (Å²) in [5, 5.41) is 42.6. The highest BCUT2D eigenvalue weighted by Gasteiger charge is 2.00. The van der Waals surface area contributed by atoms with E-state index >= 15 is 0 Å². The second-order valence-corrected chi connectivity index (χ2v) is 3.78. The van der Waals surface area contributed by atoms with Crippen LogP contribution in [-0.4, -0.2) is 51.9 Å². The fourth-order valence-corrected chi connectivity index (χ4v) is 1.06. The average molecular weight is 259 g/mol. The van der Waals surface area contributed by atoms with Gasteiger partial charge in [0.2, 0.25) is 0 Å². The van der Waals surface area contributed by atoms with Crippen LogP contribution in [0.15, 0.2) is 18.2 Å². The zero-order chi connectivity index (χ0) is 14.0. The number of hydrogen-bond donors (Lipinski definition) is 6. The Hall–Kier alpha value is -1.34. The van der Waals surface area contributed by atoms with Gasteiger partial charge in [-0.2, -0.15) is 0 Å². The summed E-state index contributed by atoms with van der Waals surface area (Å²) in [7, 11) is 0. The van der Waals surface area contributed by atoms with E-state index in [-0.39, 0.29) is 37.2 Å². The summed E-state index contributed by atoms with van der Waals surface area (Å²) in [5.74, 6) is -0.526. The van der Waals surface area contributed by atoms with Gasteiger partial charge in [-0.05, 0) is 30.7 Å². The maximum absolute atomic E-state index is 9.04. The van der Waals surface area contributed by atoms with Gasteiger partial charge < -0.3 is 31.3 Å². The zero-order valence-electron chi connectivity index (χ0n) is 10.2. The highest BCUT2D eigenvalue weighted by Crippen LogP contribution is 2.24. The second-order valence-electron chi connectivity index (χ2n) is 3.78. The lowest BCUT2D eigenvalue weighted by Crippen LogP contribution is -2.14. The average Bonchev–Trinajstić information content (AvgIpc) is 2.37. The summed E-state index contributed by atoms with van der Waals surface area (Å²) in [6, 6.07) is 4.71. The molecule has 0 saturated heterocycles. The van der Waals surface area contributed by atoms with E-state index < -0.39 is 0 Å². The molecular formula is C12H21NO5. The number of nitrogens with two attached hydrogens (primary N) is 1. The van der Waals surface area contributed by atoms with E-state index in [4.69, 9.17) is 31.3 Å². The number of hydrogen-bond acceptors (Lipinski definition) is 6. The summed E-state index contributed by atoms with van der Waals surface area (Å²) >= 11 is 0. The van der Waals surface area contributed by atoms with Crippen molar-refractivity contribution < 1.29 is 25.5 Å². The van der Waals surface area contributed by atoms with Crippen molar-refractivity contribution in [3.05, 3.63) is 23.8 Å². The Morgan fingerprint density at radius 2 is 1.50 bits per heavy atom. The van der Waals surface area contributed by atoms with Gasteiger partial charge in [-0.1, -0.05) is 6.07 Å². The van der Waals surface area contributed by atoms with E-state index in [1.165, 1.54) is 12.1 Å². The fourth-order valence-electron chi connectivity index (χ4n) is 1.06. The molecule has 0 heterocycles. The number of benzene rings is 1. The van der Waals surface area contributed by atoms with Crippen LogP contribution in [0.2, 0.25) is 0 Å². The SMILES string of the molecule is NCCc1ccc(O)c(O)c1.OCC(CO)CO. The van der Waals surface area contributed by atoms with Crippen LogP contribution in [0.25, 0.3) is 0 Å². The molecule has 0 unspecified atom stereocenters. The molecule has 18 heavy (non-hydrogen) atoms. The summed E-state index contributed by atoms with van der Waals surface area (Å²) < 4.78 is 0. The predicted octanol–water partition coefficient (Wildman–Crippen LogP) is -0.822. The van der Waals surface area contributed by atoms with E-state index in [9.17, 15) is 0 Å². The third-order valence-electron chi connectivity index (χ3n) is 2.25. The minimum Gasteiger partial charge on any atom is -0.504 e. The maximum Gasteiger partial charge on any atom is 0.157 e. The topological polar surface area (TPSA) is 127 Å². The number of rotatable bonds is 5. The van der Waals surface area contributed by atoms with Gasteiger partial charge in [0, 0.05) is 5.92 Å². The summed E-state index contributed by atoms with van der Waals surface area (Å²) in [6.07, 6.45) is 0.716. The molecule has 0 fully saturated rings. The molecule has 1 aromatic rings. The number of aromatic hydroxyl groups is 2. The lowest BCUT2D eigenvalue weighted by Gasteiger charge is -2.02. The monoisotopic (exact) mass is 259 g/mol. The molecule has 6 nitrogen and oxygen atoms in total. The maximum atomic E-state index is 9.04. The lowest BCUT2D eigenvalue weighted by molar-refractivity contribution is 0.0969. The normalized spacial score (nSPS) is 10.1. The largest absolute Gasteiger partial charge is 0.504 e. The van der Waals surface area contributed by atoms with Gasteiger partial charge in [0.05, 0.1) is 19.8 Å². The third kappa shape index (κ3) is 6.41. The molecule has 0 aliphatic rings. The van der Waals surface area contributed by atoms with E-state index in [0.29, 0.717) is 13.0 Å². The van der Waals surface area contributed by atoms with Crippen LogP contribution >= 0.6 is 0 Å². The molecule has 6 heteroatoms. The van der Waals surface area contributed by atoms with Gasteiger partial charge in [0.1, 0.15) is 0 Å². The Bertz CT molecular complexity index is 323. The lowest BCUT2D eigenvalue weighted by atomic mass is 10.1. The Morgan fingerprint density at radius 1 is 0.944 bits per heavy atom. The van der Waals surface area contributed by atoms with Crippen LogP contribution < -0.4 is 5.73 Å². The molecule has 0 spiro atoms. The molecule has 0 atom stereocenters. The van der Waals surface area contributed by atoms with Gasteiger partial charge in [0.25, 0.3) is 0 Å². The molecule has 1 aromatic carbocycles. The molecule has 104 valence electrons. The Kier molecular flexibility index (Phi) is 8.95. The first-order valence-corrected chi connectivity index (χ1v) is 5.62. The van der Waals surface area contributed by atoms with E-state index in [1.807, 2.05) is 0 Å². The van der Waals surface area contributed by atoms with Crippen molar-refractivity contribution in [3.63, 3.8) is 0 Å². The smallest absolute Gasteiger partial charge is 0.157 e. The van der Waals surface area contributed by atoms with Gasteiger partial charge in [-0.3, -0.25) is 0 Å². The Labute approximate surface area is 106 Å². The quantitative estimate of drug-likeness (QED) is 0.383. The van der Waals surface area contributed by atoms with Crippen LogP contribution in [0.5, 0.6) is 11.5 Å². The van der Waals surface area contributed by atoms with Crippen molar-refractivity contribution in [3.8, 4) is 11.5 Å². The molecule has 1 rings (SSSR count). The van der Waals surface area contributed by atoms with Gasteiger partial charge in [-0.15, -0.1) is 0 Å². The Morgan fingerprint density at radius 3 is 1.83 bits per heavy atom. The van der Waals surface area contributed by atoms with E-state index in [0.717, 1.165) is 5.56 Å².